The van der Waals surface area contributed by atoms with Gasteiger partial charge in [-0.05, 0) is 47.7 Å². The minimum Gasteiger partial charge on any atom is -0.377 e. The van der Waals surface area contributed by atoms with Crippen molar-refractivity contribution in [3.8, 4) is 5.69 Å². The fourth-order valence-corrected chi connectivity index (χ4v) is 1.97. The van der Waals surface area contributed by atoms with E-state index in [4.69, 9.17) is 0 Å². The van der Waals surface area contributed by atoms with E-state index in [0.717, 1.165) is 17.1 Å². The Labute approximate surface area is 116 Å². The molecule has 1 unspecified atom stereocenters. The molecule has 0 spiro atoms. The quantitative estimate of drug-likeness (QED) is 0.784. The van der Waals surface area contributed by atoms with Gasteiger partial charge in [-0.2, -0.15) is 0 Å². The van der Waals surface area contributed by atoms with Crippen molar-refractivity contribution < 1.29 is 0 Å². The van der Waals surface area contributed by atoms with Crippen molar-refractivity contribution >= 4 is 5.69 Å². The van der Waals surface area contributed by atoms with Gasteiger partial charge in [0.1, 0.15) is 6.33 Å². The first-order chi connectivity index (χ1) is 9.83. The second-order valence-corrected chi connectivity index (χ2v) is 4.43. The number of nitrogens with one attached hydrogen (secondary N) is 1. The lowest BCUT2D eigenvalue weighted by molar-refractivity contribution is 0.788. The summed E-state index contributed by atoms with van der Waals surface area (Å²) in [5.74, 6) is 0. The molecule has 0 saturated carbocycles. The summed E-state index contributed by atoms with van der Waals surface area (Å²) >= 11 is 0. The molecule has 6 heteroatoms. The first-order valence-corrected chi connectivity index (χ1v) is 6.34. The van der Waals surface area contributed by atoms with Gasteiger partial charge in [-0.3, -0.25) is 4.98 Å². The van der Waals surface area contributed by atoms with Crippen LogP contribution in [0, 0.1) is 0 Å². The van der Waals surface area contributed by atoms with E-state index in [-0.39, 0.29) is 6.04 Å². The number of benzene rings is 1. The Morgan fingerprint density at radius 3 is 2.85 bits per heavy atom. The Hall–Kier alpha value is -2.76. The van der Waals surface area contributed by atoms with E-state index in [9.17, 15) is 0 Å². The zero-order chi connectivity index (χ0) is 13.8. The standard InChI is InChI=1S/C14H14N6/c1-11(14-7-2-3-8-15-14)17-12-5-4-6-13(9-12)20-10-16-18-19-20/h2-11,17H,1H3. The van der Waals surface area contributed by atoms with Gasteiger partial charge in [0.05, 0.1) is 17.4 Å². The fourth-order valence-electron chi connectivity index (χ4n) is 1.97. The molecule has 0 radical (unpaired) electrons. The minimum atomic E-state index is 0.125. The summed E-state index contributed by atoms with van der Waals surface area (Å²) in [5, 5.41) is 14.6. The van der Waals surface area contributed by atoms with E-state index in [1.165, 1.54) is 0 Å². The van der Waals surface area contributed by atoms with Crippen LogP contribution in [0.3, 0.4) is 0 Å². The van der Waals surface area contributed by atoms with Crippen molar-refractivity contribution in [3.05, 3.63) is 60.7 Å². The zero-order valence-corrected chi connectivity index (χ0v) is 11.0. The number of rotatable bonds is 4. The van der Waals surface area contributed by atoms with Crippen LogP contribution < -0.4 is 5.32 Å². The summed E-state index contributed by atoms with van der Waals surface area (Å²) in [5.41, 5.74) is 2.91. The molecule has 0 aliphatic rings. The number of tetrazole rings is 1. The molecule has 0 aliphatic carbocycles. The first kappa shape index (κ1) is 12.3. The molecule has 0 aliphatic heterocycles. The van der Waals surface area contributed by atoms with Crippen LogP contribution in [0.15, 0.2) is 55.0 Å². The van der Waals surface area contributed by atoms with Crippen molar-refractivity contribution in [2.75, 3.05) is 5.32 Å². The smallest absolute Gasteiger partial charge is 0.143 e. The van der Waals surface area contributed by atoms with E-state index in [0.29, 0.717) is 0 Å². The van der Waals surface area contributed by atoms with Gasteiger partial charge in [0.25, 0.3) is 0 Å². The molecule has 0 fully saturated rings. The number of aromatic nitrogens is 5. The van der Waals surface area contributed by atoms with Crippen LogP contribution in [0.1, 0.15) is 18.7 Å². The molecule has 6 nitrogen and oxygen atoms in total. The number of hydrogen-bond donors (Lipinski definition) is 1. The lowest BCUT2D eigenvalue weighted by Crippen LogP contribution is -2.08. The van der Waals surface area contributed by atoms with Crippen molar-refractivity contribution in [1.82, 2.24) is 25.2 Å². The summed E-state index contributed by atoms with van der Waals surface area (Å²) in [7, 11) is 0. The van der Waals surface area contributed by atoms with Crippen LogP contribution in [0.2, 0.25) is 0 Å². The summed E-state index contributed by atoms with van der Waals surface area (Å²) in [6, 6.07) is 13.9. The predicted molar refractivity (Wildman–Crippen MR) is 75.4 cm³/mol. The number of pyridine rings is 1. The van der Waals surface area contributed by atoms with E-state index in [1.54, 1.807) is 17.2 Å². The maximum atomic E-state index is 4.35. The van der Waals surface area contributed by atoms with Crippen LogP contribution in [-0.4, -0.2) is 25.2 Å². The molecule has 2 heterocycles. The van der Waals surface area contributed by atoms with Crippen molar-refractivity contribution in [1.29, 1.82) is 0 Å². The van der Waals surface area contributed by atoms with E-state index >= 15 is 0 Å². The van der Waals surface area contributed by atoms with Gasteiger partial charge in [0, 0.05) is 11.9 Å². The highest BCUT2D eigenvalue weighted by atomic mass is 15.5. The third kappa shape index (κ3) is 2.64. The monoisotopic (exact) mass is 266 g/mol. The highest BCUT2D eigenvalue weighted by Gasteiger charge is 2.06. The average Bonchev–Trinajstić information content (AvgIpc) is 3.03. The van der Waals surface area contributed by atoms with Gasteiger partial charge in [-0.25, -0.2) is 4.68 Å². The lowest BCUT2D eigenvalue weighted by atomic mass is 10.2. The summed E-state index contributed by atoms with van der Waals surface area (Å²) in [4.78, 5) is 4.35. The minimum absolute atomic E-state index is 0.125. The largest absolute Gasteiger partial charge is 0.377 e. The molecule has 0 amide bonds. The Bertz CT molecular complexity index is 665. The van der Waals surface area contributed by atoms with Gasteiger partial charge in [0.15, 0.2) is 0 Å². The number of anilines is 1. The molecule has 0 saturated heterocycles. The molecule has 3 aromatic rings. The van der Waals surface area contributed by atoms with Gasteiger partial charge in [-0.15, -0.1) is 5.10 Å². The highest BCUT2D eigenvalue weighted by molar-refractivity contribution is 5.51. The molecule has 1 aromatic carbocycles. The summed E-state index contributed by atoms with van der Waals surface area (Å²) in [6.45, 7) is 2.08. The maximum absolute atomic E-state index is 4.35. The van der Waals surface area contributed by atoms with Crippen LogP contribution in [0.5, 0.6) is 0 Å². The fraction of sp³-hybridized carbons (Fsp3) is 0.143. The van der Waals surface area contributed by atoms with Crippen LogP contribution in [0.25, 0.3) is 5.69 Å². The zero-order valence-electron chi connectivity index (χ0n) is 11.0. The van der Waals surface area contributed by atoms with Crippen molar-refractivity contribution in [2.24, 2.45) is 0 Å². The molecule has 20 heavy (non-hydrogen) atoms. The third-order valence-corrected chi connectivity index (χ3v) is 2.97. The summed E-state index contributed by atoms with van der Waals surface area (Å²) < 4.78 is 1.62. The summed E-state index contributed by atoms with van der Waals surface area (Å²) in [6.07, 6.45) is 3.37. The normalized spacial score (nSPS) is 12.1. The second-order valence-electron chi connectivity index (χ2n) is 4.43. The molecule has 1 N–H and O–H groups in total. The van der Waals surface area contributed by atoms with Crippen LogP contribution in [-0.2, 0) is 0 Å². The molecule has 1 atom stereocenters. The lowest BCUT2D eigenvalue weighted by Gasteiger charge is -2.15. The Balaban J connectivity index is 1.80. The first-order valence-electron chi connectivity index (χ1n) is 6.34. The van der Waals surface area contributed by atoms with Crippen LogP contribution in [0.4, 0.5) is 5.69 Å². The van der Waals surface area contributed by atoms with Gasteiger partial charge >= 0.3 is 0 Å². The van der Waals surface area contributed by atoms with E-state index in [1.807, 2.05) is 42.5 Å². The van der Waals surface area contributed by atoms with Crippen molar-refractivity contribution in [2.45, 2.75) is 13.0 Å². The topological polar surface area (TPSA) is 68.5 Å². The number of nitrogens with zero attached hydrogens (tertiary/aromatic N) is 5. The molecule has 0 bridgehead atoms. The van der Waals surface area contributed by atoms with Crippen LogP contribution >= 0.6 is 0 Å². The van der Waals surface area contributed by atoms with Gasteiger partial charge in [0.2, 0.25) is 0 Å². The van der Waals surface area contributed by atoms with Gasteiger partial charge < -0.3 is 5.32 Å². The SMILES string of the molecule is CC(Nc1cccc(-n2cnnn2)c1)c1ccccn1. The Kier molecular flexibility index (Phi) is 3.36. The maximum Gasteiger partial charge on any atom is 0.143 e. The molecule has 2 aromatic heterocycles. The molecular formula is C14H14N6. The van der Waals surface area contributed by atoms with E-state index in [2.05, 4.69) is 32.7 Å². The Morgan fingerprint density at radius 1 is 1.15 bits per heavy atom. The highest BCUT2D eigenvalue weighted by Crippen LogP contribution is 2.19. The average molecular weight is 266 g/mol. The number of hydrogen-bond acceptors (Lipinski definition) is 5. The molecule has 100 valence electrons. The van der Waals surface area contributed by atoms with Crippen molar-refractivity contribution in [3.63, 3.8) is 0 Å². The molecule has 3 rings (SSSR count). The Morgan fingerprint density at radius 2 is 2.10 bits per heavy atom. The van der Waals surface area contributed by atoms with Gasteiger partial charge in [-0.1, -0.05) is 12.1 Å². The molecular weight excluding hydrogens is 252 g/mol. The second kappa shape index (κ2) is 5.48. The van der Waals surface area contributed by atoms with E-state index < -0.39 is 0 Å². The predicted octanol–water partition coefficient (Wildman–Crippen LogP) is 2.23. The third-order valence-electron chi connectivity index (χ3n) is 2.97.